The summed E-state index contributed by atoms with van der Waals surface area (Å²) in [5, 5.41) is 15.1. The summed E-state index contributed by atoms with van der Waals surface area (Å²) in [5.41, 5.74) is 2.55. The monoisotopic (exact) mass is 493 g/mol. The van der Waals surface area contributed by atoms with Gasteiger partial charge in [0.15, 0.2) is 11.0 Å². The highest BCUT2D eigenvalue weighted by molar-refractivity contribution is 7.99. The van der Waals surface area contributed by atoms with Crippen molar-refractivity contribution in [3.05, 3.63) is 71.4 Å². The van der Waals surface area contributed by atoms with E-state index in [4.69, 9.17) is 9.47 Å². The highest BCUT2D eigenvalue weighted by Gasteiger charge is 2.34. The summed E-state index contributed by atoms with van der Waals surface area (Å²) in [6, 6.07) is 16.0. The van der Waals surface area contributed by atoms with E-state index < -0.39 is 18.0 Å². The molecule has 0 fully saturated rings. The predicted octanol–water partition coefficient (Wildman–Crippen LogP) is 3.94. The minimum Gasteiger partial charge on any atom is -0.497 e. The summed E-state index contributed by atoms with van der Waals surface area (Å²) in [5.74, 6) is 1.26. The van der Waals surface area contributed by atoms with Gasteiger partial charge in [0.25, 0.3) is 0 Å². The van der Waals surface area contributed by atoms with Gasteiger partial charge in [-0.05, 0) is 31.5 Å². The van der Waals surface area contributed by atoms with Crippen LogP contribution in [0.3, 0.4) is 0 Å². The van der Waals surface area contributed by atoms with Crippen molar-refractivity contribution in [3.8, 4) is 17.1 Å². The second-order valence-electron chi connectivity index (χ2n) is 7.62. The molecule has 10 heteroatoms. The van der Waals surface area contributed by atoms with Crippen LogP contribution in [0.4, 0.5) is 4.79 Å². The molecule has 0 saturated heterocycles. The van der Waals surface area contributed by atoms with Gasteiger partial charge >= 0.3 is 12.0 Å². The number of urea groups is 1. The highest BCUT2D eigenvalue weighted by atomic mass is 32.2. The molecule has 1 atom stereocenters. The number of esters is 1. The molecule has 2 aromatic carbocycles. The third kappa shape index (κ3) is 5.32. The summed E-state index contributed by atoms with van der Waals surface area (Å²) in [6.07, 6.45) is 0. The Morgan fingerprint density at radius 2 is 1.83 bits per heavy atom. The molecular formula is C25H27N5O4S. The second kappa shape index (κ2) is 11.1. The lowest BCUT2D eigenvalue weighted by Gasteiger charge is -2.29. The Morgan fingerprint density at radius 1 is 1.09 bits per heavy atom. The van der Waals surface area contributed by atoms with E-state index in [9.17, 15) is 9.59 Å². The molecule has 0 saturated carbocycles. The normalized spacial score (nSPS) is 15.4. The Kier molecular flexibility index (Phi) is 7.71. The van der Waals surface area contributed by atoms with Crippen molar-refractivity contribution in [3.63, 3.8) is 0 Å². The lowest BCUT2D eigenvalue weighted by Crippen LogP contribution is -2.46. The molecule has 0 bridgehead atoms. The maximum absolute atomic E-state index is 13.0. The van der Waals surface area contributed by atoms with Gasteiger partial charge in [-0.3, -0.25) is 0 Å². The fourth-order valence-corrected chi connectivity index (χ4v) is 4.82. The first-order valence-corrected chi connectivity index (χ1v) is 12.3. The SMILES string of the molecule is CCOC(=O)C1=C(CSc2nnc(-c3ccccc3)n2CC)NC(=O)NC1c1ccc(OC)cc1. The molecular weight excluding hydrogens is 466 g/mol. The van der Waals surface area contributed by atoms with E-state index in [-0.39, 0.29) is 6.61 Å². The van der Waals surface area contributed by atoms with Crippen LogP contribution >= 0.6 is 11.8 Å². The third-order valence-electron chi connectivity index (χ3n) is 5.51. The van der Waals surface area contributed by atoms with Crippen LogP contribution in [0.15, 0.2) is 71.0 Å². The van der Waals surface area contributed by atoms with Crippen molar-refractivity contribution in [2.24, 2.45) is 0 Å². The topological polar surface area (TPSA) is 107 Å². The zero-order valence-corrected chi connectivity index (χ0v) is 20.6. The third-order valence-corrected chi connectivity index (χ3v) is 6.50. The first-order chi connectivity index (χ1) is 17.0. The summed E-state index contributed by atoms with van der Waals surface area (Å²) in [4.78, 5) is 25.6. The van der Waals surface area contributed by atoms with Crippen LogP contribution in [0.25, 0.3) is 11.4 Å². The number of methoxy groups -OCH3 is 1. The molecule has 4 rings (SSSR count). The van der Waals surface area contributed by atoms with Crippen molar-refractivity contribution in [1.29, 1.82) is 0 Å². The smallest absolute Gasteiger partial charge is 0.338 e. The lowest BCUT2D eigenvalue weighted by molar-refractivity contribution is -0.139. The second-order valence-corrected chi connectivity index (χ2v) is 8.56. The number of ether oxygens (including phenoxy) is 2. The summed E-state index contributed by atoms with van der Waals surface area (Å²) < 4.78 is 12.6. The van der Waals surface area contributed by atoms with E-state index in [1.54, 1.807) is 26.2 Å². The first-order valence-electron chi connectivity index (χ1n) is 11.3. The lowest BCUT2D eigenvalue weighted by atomic mass is 9.95. The van der Waals surface area contributed by atoms with E-state index in [1.807, 2.05) is 54.0 Å². The number of rotatable bonds is 9. The summed E-state index contributed by atoms with van der Waals surface area (Å²) >= 11 is 1.40. The number of amides is 2. The van der Waals surface area contributed by atoms with Gasteiger partial charge in [0.1, 0.15) is 5.75 Å². The van der Waals surface area contributed by atoms with E-state index in [2.05, 4.69) is 20.8 Å². The molecule has 2 N–H and O–H groups in total. The Morgan fingerprint density at radius 3 is 2.49 bits per heavy atom. The van der Waals surface area contributed by atoms with Crippen molar-refractivity contribution >= 4 is 23.8 Å². The Hall–Kier alpha value is -3.79. The molecule has 1 unspecified atom stereocenters. The Bertz CT molecular complexity index is 1220. The standard InChI is InChI=1S/C25H27N5O4S/c1-4-30-22(17-9-7-6-8-10-17)28-29-25(30)35-15-19-20(23(31)34-5-2)21(27-24(32)26-19)16-11-13-18(33-3)14-12-16/h6-14,21H,4-5,15H2,1-3H3,(H2,26,27,32). The van der Waals surface area contributed by atoms with E-state index >= 15 is 0 Å². The number of nitrogens with one attached hydrogen (secondary N) is 2. The molecule has 1 aliphatic heterocycles. The number of carbonyl (C=O) groups excluding carboxylic acids is 2. The molecule has 2 amide bonds. The van der Waals surface area contributed by atoms with Crippen LogP contribution in [0, 0.1) is 0 Å². The van der Waals surface area contributed by atoms with Gasteiger partial charge in [-0.2, -0.15) is 0 Å². The van der Waals surface area contributed by atoms with Gasteiger partial charge in [-0.15, -0.1) is 10.2 Å². The number of nitrogens with zero attached hydrogens (tertiary/aromatic N) is 3. The predicted molar refractivity (Wildman–Crippen MR) is 133 cm³/mol. The average Bonchev–Trinajstić information content (AvgIpc) is 3.30. The zero-order valence-electron chi connectivity index (χ0n) is 19.8. The van der Waals surface area contributed by atoms with Crippen molar-refractivity contribution < 1.29 is 19.1 Å². The van der Waals surface area contributed by atoms with Crippen LogP contribution in [0.1, 0.15) is 25.5 Å². The Labute approximate surface area is 207 Å². The molecule has 2 heterocycles. The van der Waals surface area contributed by atoms with E-state index in [0.29, 0.717) is 34.5 Å². The van der Waals surface area contributed by atoms with Crippen LogP contribution in [0.2, 0.25) is 0 Å². The van der Waals surface area contributed by atoms with Gasteiger partial charge < -0.3 is 24.7 Å². The van der Waals surface area contributed by atoms with Gasteiger partial charge in [0.05, 0.1) is 25.3 Å². The summed E-state index contributed by atoms with van der Waals surface area (Å²) in [6.45, 7) is 4.66. The van der Waals surface area contributed by atoms with Gasteiger partial charge in [0.2, 0.25) is 0 Å². The number of benzene rings is 2. The van der Waals surface area contributed by atoms with Crippen LogP contribution in [0.5, 0.6) is 5.75 Å². The minimum absolute atomic E-state index is 0.219. The van der Waals surface area contributed by atoms with Crippen molar-refractivity contribution in [2.75, 3.05) is 19.5 Å². The zero-order chi connectivity index (χ0) is 24.8. The van der Waals surface area contributed by atoms with E-state index in [1.165, 1.54) is 11.8 Å². The van der Waals surface area contributed by atoms with Crippen LogP contribution in [-0.2, 0) is 16.1 Å². The van der Waals surface area contributed by atoms with Gasteiger partial charge in [0, 0.05) is 23.6 Å². The molecule has 3 aromatic rings. The van der Waals surface area contributed by atoms with Crippen LogP contribution < -0.4 is 15.4 Å². The number of carbonyl (C=O) groups is 2. The fraction of sp³-hybridized carbons (Fsp3) is 0.280. The average molecular weight is 494 g/mol. The quantitative estimate of drug-likeness (QED) is 0.343. The molecule has 0 radical (unpaired) electrons. The molecule has 182 valence electrons. The number of thioether (sulfide) groups is 1. The van der Waals surface area contributed by atoms with Crippen molar-refractivity contribution in [1.82, 2.24) is 25.4 Å². The highest BCUT2D eigenvalue weighted by Crippen LogP contribution is 2.32. The fourth-order valence-electron chi connectivity index (χ4n) is 3.85. The molecule has 0 aliphatic carbocycles. The number of hydrogen-bond acceptors (Lipinski definition) is 7. The maximum atomic E-state index is 13.0. The van der Waals surface area contributed by atoms with Crippen LogP contribution in [-0.4, -0.2) is 46.2 Å². The van der Waals surface area contributed by atoms with Gasteiger partial charge in [-0.25, -0.2) is 9.59 Å². The minimum atomic E-state index is -0.659. The molecule has 0 spiro atoms. The van der Waals surface area contributed by atoms with E-state index in [0.717, 1.165) is 17.0 Å². The molecule has 1 aromatic heterocycles. The Balaban J connectivity index is 1.67. The van der Waals surface area contributed by atoms with Gasteiger partial charge in [-0.1, -0.05) is 54.2 Å². The molecule has 1 aliphatic rings. The molecule has 35 heavy (non-hydrogen) atoms. The number of aromatic nitrogens is 3. The number of hydrogen-bond donors (Lipinski definition) is 2. The largest absolute Gasteiger partial charge is 0.497 e. The summed E-state index contributed by atoms with van der Waals surface area (Å²) in [7, 11) is 1.58. The first kappa shape index (κ1) is 24.3. The maximum Gasteiger partial charge on any atom is 0.338 e. The van der Waals surface area contributed by atoms with Crippen molar-refractivity contribution in [2.45, 2.75) is 31.6 Å². The molecule has 9 nitrogen and oxygen atoms in total.